The van der Waals surface area contributed by atoms with E-state index >= 15 is 0 Å². The second kappa shape index (κ2) is 6.34. The third-order valence-electron chi connectivity index (χ3n) is 2.30. The number of carbonyl (C=O) groups excluding carboxylic acids is 1. The quantitative estimate of drug-likeness (QED) is 0.514. The van der Waals surface area contributed by atoms with Crippen LogP contribution in [-0.2, 0) is 4.79 Å². The number of ether oxygens (including phenoxy) is 1. The van der Waals surface area contributed by atoms with Gasteiger partial charge >= 0.3 is 0 Å². The second-order valence-corrected chi connectivity index (χ2v) is 4.61. The fraction of sp³-hybridized carbons (Fsp3) is 0.364. The summed E-state index contributed by atoms with van der Waals surface area (Å²) in [6.45, 7) is 1.87. The van der Waals surface area contributed by atoms with Gasteiger partial charge in [-0.1, -0.05) is 22.9 Å². The van der Waals surface area contributed by atoms with Gasteiger partial charge < -0.3 is 10.1 Å². The van der Waals surface area contributed by atoms with Crippen molar-refractivity contribution < 1.29 is 14.5 Å². The van der Waals surface area contributed by atoms with Crippen LogP contribution in [0.15, 0.2) is 18.2 Å². The lowest BCUT2D eigenvalue weighted by atomic mass is 10.2. The molecule has 6 nitrogen and oxygen atoms in total. The molecule has 1 aromatic carbocycles. The van der Waals surface area contributed by atoms with Gasteiger partial charge in [0.25, 0.3) is 5.69 Å². The molecule has 1 unspecified atom stereocenters. The van der Waals surface area contributed by atoms with Crippen LogP contribution in [0.2, 0.25) is 0 Å². The van der Waals surface area contributed by atoms with Crippen LogP contribution in [0, 0.1) is 10.1 Å². The summed E-state index contributed by atoms with van der Waals surface area (Å²) in [5.74, 6) is 0.0398. The normalized spacial score (nSPS) is 11.7. The lowest BCUT2D eigenvalue weighted by Crippen LogP contribution is -2.22. The molecule has 1 amide bonds. The van der Waals surface area contributed by atoms with E-state index in [0.717, 1.165) is 0 Å². The van der Waals surface area contributed by atoms with Crippen molar-refractivity contribution in [3.63, 3.8) is 0 Å². The number of nitrogens with zero attached hydrogens (tertiary/aromatic N) is 1. The van der Waals surface area contributed by atoms with Crippen molar-refractivity contribution in [2.75, 3.05) is 12.4 Å². The van der Waals surface area contributed by atoms with E-state index in [4.69, 9.17) is 4.74 Å². The SMILES string of the molecule is CCC(Br)C(=O)Nc1ccc([N+](=O)[O-])cc1OC. The van der Waals surface area contributed by atoms with E-state index in [1.165, 1.54) is 25.3 Å². The van der Waals surface area contributed by atoms with Gasteiger partial charge in [0.2, 0.25) is 5.91 Å². The molecule has 18 heavy (non-hydrogen) atoms. The Bertz CT molecular complexity index is 464. The van der Waals surface area contributed by atoms with Crippen molar-refractivity contribution in [2.45, 2.75) is 18.2 Å². The topological polar surface area (TPSA) is 81.5 Å². The molecule has 0 aliphatic heterocycles. The summed E-state index contributed by atoms with van der Waals surface area (Å²) in [6, 6.07) is 4.03. The van der Waals surface area contributed by atoms with Crippen molar-refractivity contribution >= 4 is 33.2 Å². The molecule has 0 heterocycles. The molecule has 1 atom stereocenters. The Morgan fingerprint density at radius 1 is 1.61 bits per heavy atom. The van der Waals surface area contributed by atoms with Crippen LogP contribution in [0.4, 0.5) is 11.4 Å². The first kappa shape index (κ1) is 14.4. The number of carbonyl (C=O) groups is 1. The van der Waals surface area contributed by atoms with Crippen molar-refractivity contribution in [1.29, 1.82) is 0 Å². The van der Waals surface area contributed by atoms with E-state index < -0.39 is 4.92 Å². The Morgan fingerprint density at radius 2 is 2.28 bits per heavy atom. The largest absolute Gasteiger partial charge is 0.494 e. The second-order valence-electron chi connectivity index (χ2n) is 3.51. The summed E-state index contributed by atoms with van der Waals surface area (Å²) in [4.78, 5) is 21.5. The maximum atomic E-state index is 11.7. The third-order valence-corrected chi connectivity index (χ3v) is 3.36. The van der Waals surface area contributed by atoms with Crippen LogP contribution < -0.4 is 10.1 Å². The summed E-state index contributed by atoms with van der Waals surface area (Å²) in [7, 11) is 1.39. The molecular weight excluding hydrogens is 304 g/mol. The average molecular weight is 317 g/mol. The number of hydrogen-bond donors (Lipinski definition) is 1. The van der Waals surface area contributed by atoms with E-state index in [1.54, 1.807) is 0 Å². The van der Waals surface area contributed by atoms with Crippen LogP contribution in [0.1, 0.15) is 13.3 Å². The molecule has 0 fully saturated rings. The molecule has 7 heteroatoms. The first-order valence-corrected chi connectivity index (χ1v) is 6.18. The lowest BCUT2D eigenvalue weighted by Gasteiger charge is -2.12. The monoisotopic (exact) mass is 316 g/mol. The number of alkyl halides is 1. The zero-order chi connectivity index (χ0) is 13.7. The van der Waals surface area contributed by atoms with E-state index in [0.29, 0.717) is 12.1 Å². The minimum absolute atomic E-state index is 0.0873. The van der Waals surface area contributed by atoms with Gasteiger partial charge in [-0.25, -0.2) is 0 Å². The molecule has 0 saturated carbocycles. The van der Waals surface area contributed by atoms with Crippen LogP contribution in [-0.4, -0.2) is 22.8 Å². The highest BCUT2D eigenvalue weighted by molar-refractivity contribution is 9.10. The summed E-state index contributed by atoms with van der Waals surface area (Å²) in [5, 5.41) is 13.3. The van der Waals surface area contributed by atoms with Gasteiger partial charge in [0.15, 0.2) is 0 Å². The van der Waals surface area contributed by atoms with Crippen molar-refractivity contribution in [1.82, 2.24) is 0 Å². The van der Waals surface area contributed by atoms with Crippen LogP contribution >= 0.6 is 15.9 Å². The van der Waals surface area contributed by atoms with Crippen LogP contribution in [0.5, 0.6) is 5.75 Å². The minimum atomic E-state index is -0.520. The number of halogens is 1. The van der Waals surface area contributed by atoms with Crippen molar-refractivity contribution in [3.05, 3.63) is 28.3 Å². The van der Waals surface area contributed by atoms with Crippen molar-refractivity contribution in [2.24, 2.45) is 0 Å². The summed E-state index contributed by atoms with van der Waals surface area (Å²) in [6.07, 6.45) is 0.640. The maximum absolute atomic E-state index is 11.7. The Kier molecular flexibility index (Phi) is 5.08. The Hall–Kier alpha value is -1.63. The van der Waals surface area contributed by atoms with E-state index in [9.17, 15) is 14.9 Å². The number of methoxy groups -OCH3 is 1. The fourth-order valence-electron chi connectivity index (χ4n) is 1.29. The van der Waals surface area contributed by atoms with Gasteiger partial charge in [-0.15, -0.1) is 0 Å². The first-order chi connectivity index (χ1) is 8.49. The van der Waals surface area contributed by atoms with E-state index in [-0.39, 0.29) is 22.2 Å². The Balaban J connectivity index is 2.96. The van der Waals surface area contributed by atoms with Crippen LogP contribution in [0.25, 0.3) is 0 Å². The minimum Gasteiger partial charge on any atom is -0.494 e. The number of nitrogens with one attached hydrogen (secondary N) is 1. The smallest absolute Gasteiger partial charge is 0.273 e. The summed E-state index contributed by atoms with van der Waals surface area (Å²) >= 11 is 3.22. The number of amides is 1. The number of rotatable bonds is 5. The van der Waals surface area contributed by atoms with Gasteiger partial charge in [0, 0.05) is 6.07 Å². The molecule has 0 radical (unpaired) electrons. The molecule has 98 valence electrons. The summed E-state index contributed by atoms with van der Waals surface area (Å²) in [5.41, 5.74) is 0.321. The van der Waals surface area contributed by atoms with Gasteiger partial charge in [0.05, 0.1) is 28.6 Å². The van der Waals surface area contributed by atoms with Gasteiger partial charge in [0.1, 0.15) is 5.75 Å². The van der Waals surface area contributed by atoms with E-state index in [2.05, 4.69) is 21.2 Å². The predicted octanol–water partition coefficient (Wildman–Crippen LogP) is 2.72. The zero-order valence-electron chi connectivity index (χ0n) is 9.97. The number of nitro benzene ring substituents is 1. The number of non-ortho nitro benzene ring substituents is 1. The van der Waals surface area contributed by atoms with E-state index in [1.807, 2.05) is 6.92 Å². The molecule has 1 rings (SSSR count). The standard InChI is InChI=1S/C11H13BrN2O4/c1-3-8(12)11(15)13-9-5-4-7(14(16)17)6-10(9)18-2/h4-6,8H,3H2,1-2H3,(H,13,15). The van der Waals surface area contributed by atoms with Gasteiger partial charge in [-0.2, -0.15) is 0 Å². The Labute approximate surface area is 113 Å². The fourth-order valence-corrected chi connectivity index (χ4v) is 1.41. The van der Waals surface area contributed by atoms with Crippen molar-refractivity contribution in [3.8, 4) is 5.75 Å². The lowest BCUT2D eigenvalue weighted by molar-refractivity contribution is -0.384. The summed E-state index contributed by atoms with van der Waals surface area (Å²) < 4.78 is 5.02. The molecule has 1 N–H and O–H groups in total. The maximum Gasteiger partial charge on any atom is 0.273 e. The molecule has 0 bridgehead atoms. The Morgan fingerprint density at radius 3 is 2.78 bits per heavy atom. The number of benzene rings is 1. The molecular formula is C11H13BrN2O4. The first-order valence-electron chi connectivity index (χ1n) is 5.27. The number of hydrogen-bond acceptors (Lipinski definition) is 4. The van der Waals surface area contributed by atoms with Crippen LogP contribution in [0.3, 0.4) is 0 Å². The predicted molar refractivity (Wildman–Crippen MR) is 71.3 cm³/mol. The molecule has 0 spiro atoms. The molecule has 1 aromatic rings. The van der Waals surface area contributed by atoms with Gasteiger partial charge in [-0.05, 0) is 12.5 Å². The average Bonchev–Trinajstić information content (AvgIpc) is 2.37. The highest BCUT2D eigenvalue weighted by Gasteiger charge is 2.16. The highest BCUT2D eigenvalue weighted by atomic mass is 79.9. The number of anilines is 1. The van der Waals surface area contributed by atoms with Gasteiger partial charge in [-0.3, -0.25) is 14.9 Å². The highest BCUT2D eigenvalue weighted by Crippen LogP contribution is 2.29. The third kappa shape index (κ3) is 3.43. The molecule has 0 aliphatic rings. The molecule has 0 aromatic heterocycles. The zero-order valence-corrected chi connectivity index (χ0v) is 11.6. The molecule has 0 aliphatic carbocycles. The molecule has 0 saturated heterocycles. The number of nitro groups is 1.